The third-order valence-corrected chi connectivity index (χ3v) is 3.08. The quantitative estimate of drug-likeness (QED) is 0.841. The van der Waals surface area contributed by atoms with Crippen LogP contribution in [0.15, 0.2) is 48.5 Å². The molecule has 2 aromatic carbocycles. The van der Waals surface area contributed by atoms with Crippen molar-refractivity contribution in [1.82, 2.24) is 0 Å². The van der Waals surface area contributed by atoms with Crippen molar-refractivity contribution in [1.29, 1.82) is 0 Å². The van der Waals surface area contributed by atoms with Gasteiger partial charge in [-0.15, -0.1) is 0 Å². The van der Waals surface area contributed by atoms with Crippen LogP contribution in [0.5, 0.6) is 11.5 Å². The Morgan fingerprint density at radius 3 is 2.47 bits per heavy atom. The van der Waals surface area contributed by atoms with Gasteiger partial charge in [-0.1, -0.05) is 36.4 Å². The molecule has 0 amide bonds. The zero-order chi connectivity index (χ0) is 13.1. The van der Waals surface area contributed by atoms with E-state index in [1.165, 1.54) is 0 Å². The molecule has 0 atom stereocenters. The molecule has 3 nitrogen and oxygen atoms in total. The maximum absolute atomic E-state index is 12.0. The molecule has 1 aliphatic rings. The van der Waals surface area contributed by atoms with E-state index in [1.807, 2.05) is 48.5 Å². The Morgan fingerprint density at radius 1 is 0.895 bits per heavy atom. The van der Waals surface area contributed by atoms with Crippen molar-refractivity contribution in [3.8, 4) is 11.5 Å². The number of fused-ring (bicyclic) bond motifs is 1. The Kier molecular flexibility index (Phi) is 3.19. The minimum absolute atomic E-state index is 0.199. The summed E-state index contributed by atoms with van der Waals surface area (Å²) in [6.45, 7) is 0.261. The third-order valence-electron chi connectivity index (χ3n) is 3.08. The standard InChI is InChI=1S/C16H14O3/c17-14(8-12-4-2-1-3-5-12)9-13-6-7-15-16(10-13)19-11-18-15/h1-7,10H,8-9,11H2. The summed E-state index contributed by atoms with van der Waals surface area (Å²) in [6.07, 6.45) is 0.890. The maximum atomic E-state index is 12.0. The predicted molar refractivity (Wildman–Crippen MR) is 71.4 cm³/mol. The van der Waals surface area contributed by atoms with Gasteiger partial charge in [-0.25, -0.2) is 0 Å². The number of ether oxygens (including phenoxy) is 2. The predicted octanol–water partition coefficient (Wildman–Crippen LogP) is 2.77. The topological polar surface area (TPSA) is 35.5 Å². The molecular formula is C16H14O3. The second kappa shape index (κ2) is 5.14. The highest BCUT2D eigenvalue weighted by Gasteiger charge is 2.14. The van der Waals surface area contributed by atoms with Crippen molar-refractivity contribution in [2.75, 3.05) is 6.79 Å². The van der Waals surface area contributed by atoms with E-state index < -0.39 is 0 Å². The highest BCUT2D eigenvalue weighted by Crippen LogP contribution is 2.32. The molecule has 96 valence electrons. The van der Waals surface area contributed by atoms with E-state index >= 15 is 0 Å². The first-order chi connectivity index (χ1) is 9.31. The van der Waals surface area contributed by atoms with E-state index in [0.29, 0.717) is 12.8 Å². The molecule has 1 heterocycles. The van der Waals surface area contributed by atoms with Crippen LogP contribution in [-0.2, 0) is 17.6 Å². The Bertz CT molecular complexity index is 590. The molecule has 3 heteroatoms. The molecule has 0 aliphatic carbocycles. The van der Waals surface area contributed by atoms with Gasteiger partial charge in [-0.2, -0.15) is 0 Å². The molecule has 0 fully saturated rings. The Labute approximate surface area is 111 Å². The largest absolute Gasteiger partial charge is 0.454 e. The van der Waals surface area contributed by atoms with E-state index in [0.717, 1.165) is 22.6 Å². The zero-order valence-electron chi connectivity index (χ0n) is 10.5. The first-order valence-electron chi connectivity index (χ1n) is 6.25. The summed E-state index contributed by atoms with van der Waals surface area (Å²) in [6, 6.07) is 15.4. The van der Waals surface area contributed by atoms with Crippen LogP contribution in [-0.4, -0.2) is 12.6 Å². The van der Waals surface area contributed by atoms with Gasteiger partial charge in [0.2, 0.25) is 6.79 Å². The van der Waals surface area contributed by atoms with Gasteiger partial charge in [0.25, 0.3) is 0 Å². The number of hydrogen-bond acceptors (Lipinski definition) is 3. The molecule has 2 aromatic rings. The lowest BCUT2D eigenvalue weighted by atomic mass is 10.0. The smallest absolute Gasteiger partial charge is 0.231 e. The lowest BCUT2D eigenvalue weighted by molar-refractivity contribution is -0.117. The van der Waals surface area contributed by atoms with Crippen molar-refractivity contribution in [3.63, 3.8) is 0 Å². The van der Waals surface area contributed by atoms with Crippen LogP contribution in [0.2, 0.25) is 0 Å². The van der Waals surface area contributed by atoms with E-state index in [9.17, 15) is 4.79 Å². The Hall–Kier alpha value is -2.29. The van der Waals surface area contributed by atoms with Gasteiger partial charge in [0.15, 0.2) is 11.5 Å². The highest BCUT2D eigenvalue weighted by molar-refractivity contribution is 5.83. The van der Waals surface area contributed by atoms with Crippen molar-refractivity contribution < 1.29 is 14.3 Å². The number of rotatable bonds is 4. The number of benzene rings is 2. The summed E-state index contributed by atoms with van der Waals surface area (Å²) >= 11 is 0. The fraction of sp³-hybridized carbons (Fsp3) is 0.188. The third kappa shape index (κ3) is 2.76. The van der Waals surface area contributed by atoms with Gasteiger partial charge in [0.1, 0.15) is 5.78 Å². The average molecular weight is 254 g/mol. The average Bonchev–Trinajstić information content (AvgIpc) is 2.87. The van der Waals surface area contributed by atoms with Crippen LogP contribution in [0.1, 0.15) is 11.1 Å². The number of ketones is 1. The van der Waals surface area contributed by atoms with Crippen molar-refractivity contribution in [2.24, 2.45) is 0 Å². The molecule has 1 aliphatic heterocycles. The van der Waals surface area contributed by atoms with Crippen LogP contribution in [0.25, 0.3) is 0 Å². The second-order valence-corrected chi connectivity index (χ2v) is 4.57. The Balaban J connectivity index is 1.66. The molecule has 0 bridgehead atoms. The molecule has 0 saturated heterocycles. The number of carbonyl (C=O) groups excluding carboxylic acids is 1. The van der Waals surface area contributed by atoms with Gasteiger partial charge < -0.3 is 9.47 Å². The Morgan fingerprint density at radius 2 is 1.63 bits per heavy atom. The summed E-state index contributed by atoms with van der Waals surface area (Å²) in [4.78, 5) is 12.0. The van der Waals surface area contributed by atoms with Crippen LogP contribution in [0, 0.1) is 0 Å². The first kappa shape index (κ1) is 11.8. The minimum atomic E-state index is 0.199. The normalized spacial score (nSPS) is 12.4. The minimum Gasteiger partial charge on any atom is -0.454 e. The van der Waals surface area contributed by atoms with E-state index in [4.69, 9.17) is 9.47 Å². The highest BCUT2D eigenvalue weighted by atomic mass is 16.7. The summed E-state index contributed by atoms with van der Waals surface area (Å²) < 4.78 is 10.6. The fourth-order valence-corrected chi connectivity index (χ4v) is 2.16. The van der Waals surface area contributed by atoms with Crippen LogP contribution in [0.4, 0.5) is 0 Å². The van der Waals surface area contributed by atoms with Gasteiger partial charge >= 0.3 is 0 Å². The monoisotopic (exact) mass is 254 g/mol. The molecule has 0 unspecified atom stereocenters. The molecule has 19 heavy (non-hydrogen) atoms. The van der Waals surface area contributed by atoms with E-state index in [2.05, 4.69) is 0 Å². The number of carbonyl (C=O) groups is 1. The van der Waals surface area contributed by atoms with E-state index in [-0.39, 0.29) is 12.6 Å². The molecular weight excluding hydrogens is 240 g/mol. The van der Waals surface area contributed by atoms with Gasteiger partial charge in [-0.3, -0.25) is 4.79 Å². The molecule has 0 aromatic heterocycles. The summed E-state index contributed by atoms with van der Waals surface area (Å²) in [5.74, 6) is 1.68. The van der Waals surface area contributed by atoms with Gasteiger partial charge in [0, 0.05) is 12.8 Å². The molecule has 0 radical (unpaired) electrons. The number of Topliss-reactive ketones (excluding diaryl/α,β-unsaturated/α-hetero) is 1. The van der Waals surface area contributed by atoms with Crippen LogP contribution < -0.4 is 9.47 Å². The van der Waals surface area contributed by atoms with E-state index in [1.54, 1.807) is 0 Å². The first-order valence-corrected chi connectivity index (χ1v) is 6.25. The van der Waals surface area contributed by atoms with Crippen molar-refractivity contribution in [3.05, 3.63) is 59.7 Å². The maximum Gasteiger partial charge on any atom is 0.231 e. The summed E-state index contributed by atoms with van der Waals surface area (Å²) in [5, 5.41) is 0. The van der Waals surface area contributed by atoms with Crippen molar-refractivity contribution >= 4 is 5.78 Å². The number of hydrogen-bond donors (Lipinski definition) is 0. The van der Waals surface area contributed by atoms with Crippen LogP contribution >= 0.6 is 0 Å². The van der Waals surface area contributed by atoms with Crippen molar-refractivity contribution in [2.45, 2.75) is 12.8 Å². The molecule has 0 saturated carbocycles. The molecule has 3 rings (SSSR count). The summed E-state index contributed by atoms with van der Waals surface area (Å²) in [5.41, 5.74) is 2.01. The second-order valence-electron chi connectivity index (χ2n) is 4.57. The summed E-state index contributed by atoms with van der Waals surface area (Å²) in [7, 11) is 0. The lowest BCUT2D eigenvalue weighted by Crippen LogP contribution is -2.06. The van der Waals surface area contributed by atoms with Gasteiger partial charge in [0.05, 0.1) is 0 Å². The zero-order valence-corrected chi connectivity index (χ0v) is 10.5. The lowest BCUT2D eigenvalue weighted by Gasteiger charge is -2.03. The fourth-order valence-electron chi connectivity index (χ4n) is 2.16. The molecule has 0 spiro atoms. The molecule has 0 N–H and O–H groups in total. The van der Waals surface area contributed by atoms with Crippen LogP contribution in [0.3, 0.4) is 0 Å². The van der Waals surface area contributed by atoms with Gasteiger partial charge in [-0.05, 0) is 23.3 Å². The SMILES string of the molecule is O=C(Cc1ccccc1)Cc1ccc2c(c1)OCO2.